The molecule has 2 N–H and O–H groups in total. The first kappa shape index (κ1) is 23.1. The number of aryl methyl sites for hydroxylation is 1. The van der Waals surface area contributed by atoms with Crippen LogP contribution < -0.4 is 10.6 Å². The number of hydrogen-bond acceptors (Lipinski definition) is 6. The molecule has 32 heavy (non-hydrogen) atoms. The molecule has 0 saturated carbocycles. The smallest absolute Gasteiger partial charge is 0.325 e. The van der Waals surface area contributed by atoms with E-state index in [0.29, 0.717) is 11.3 Å². The number of anilines is 1. The van der Waals surface area contributed by atoms with E-state index in [1.165, 1.54) is 24.4 Å². The molecule has 0 spiro atoms. The van der Waals surface area contributed by atoms with E-state index < -0.39 is 11.9 Å². The molecule has 0 radical (unpaired) electrons. The number of esters is 1. The van der Waals surface area contributed by atoms with Gasteiger partial charge in [0.15, 0.2) is 5.16 Å². The summed E-state index contributed by atoms with van der Waals surface area (Å²) < 4.78 is 6.46. The summed E-state index contributed by atoms with van der Waals surface area (Å²) >= 11 is 1.34. The zero-order valence-corrected chi connectivity index (χ0v) is 18.9. The van der Waals surface area contributed by atoms with Crippen LogP contribution in [-0.2, 0) is 14.3 Å². The molecule has 3 aromatic rings. The number of carbonyl (C=O) groups is 3. The van der Waals surface area contributed by atoms with Gasteiger partial charge in [0, 0.05) is 23.6 Å². The second-order valence-electron chi connectivity index (χ2n) is 6.97. The Balaban J connectivity index is 1.56. The van der Waals surface area contributed by atoms with Crippen molar-refractivity contribution >= 4 is 35.2 Å². The van der Waals surface area contributed by atoms with Crippen LogP contribution in [0.25, 0.3) is 5.69 Å². The third-order valence-electron chi connectivity index (χ3n) is 4.83. The molecule has 0 fully saturated rings. The van der Waals surface area contributed by atoms with Gasteiger partial charge in [-0.25, -0.2) is 4.98 Å². The first-order valence-electron chi connectivity index (χ1n) is 9.86. The fraction of sp³-hybridized carbons (Fsp3) is 0.217. The molecule has 166 valence electrons. The Labute approximate surface area is 190 Å². The molecule has 2 amide bonds. The summed E-state index contributed by atoms with van der Waals surface area (Å²) in [5, 5.41) is 5.99. The first-order valence-corrected chi connectivity index (χ1v) is 10.8. The first-order chi connectivity index (χ1) is 15.4. The van der Waals surface area contributed by atoms with Crippen LogP contribution in [-0.4, -0.2) is 46.7 Å². The Hall–Kier alpha value is -3.59. The number of hydrogen-bond donors (Lipinski definition) is 2. The van der Waals surface area contributed by atoms with Gasteiger partial charge in [-0.15, -0.1) is 0 Å². The summed E-state index contributed by atoms with van der Waals surface area (Å²) in [5.41, 5.74) is 4.32. The largest absolute Gasteiger partial charge is 0.468 e. The van der Waals surface area contributed by atoms with Gasteiger partial charge < -0.3 is 15.4 Å². The Morgan fingerprint density at radius 3 is 2.56 bits per heavy atom. The standard InChI is InChI=1S/C23H24N4O4S/c1-15-5-4-6-19(16(15)2)27-12-11-24-23(27)32-14-20(28)26-18-9-7-17(8-10-18)22(30)25-13-21(29)31-3/h4-12H,13-14H2,1-3H3,(H,25,30)(H,26,28). The topological polar surface area (TPSA) is 102 Å². The van der Waals surface area contributed by atoms with Crippen molar-refractivity contribution in [1.82, 2.24) is 14.9 Å². The maximum atomic E-state index is 12.4. The van der Waals surface area contributed by atoms with Crippen LogP contribution >= 0.6 is 11.8 Å². The van der Waals surface area contributed by atoms with Crippen LogP contribution in [0.4, 0.5) is 5.69 Å². The second-order valence-corrected chi connectivity index (χ2v) is 7.91. The highest BCUT2D eigenvalue weighted by atomic mass is 32.2. The third-order valence-corrected chi connectivity index (χ3v) is 5.79. The fourth-order valence-electron chi connectivity index (χ4n) is 2.94. The Morgan fingerprint density at radius 2 is 1.84 bits per heavy atom. The van der Waals surface area contributed by atoms with Gasteiger partial charge in [-0.05, 0) is 55.3 Å². The number of aromatic nitrogens is 2. The molecule has 2 aromatic carbocycles. The van der Waals surface area contributed by atoms with Crippen molar-refractivity contribution < 1.29 is 19.1 Å². The molecule has 0 unspecified atom stereocenters. The summed E-state index contributed by atoms with van der Waals surface area (Å²) in [4.78, 5) is 39.9. The van der Waals surface area contributed by atoms with Crippen molar-refractivity contribution in [3.05, 3.63) is 71.5 Å². The SMILES string of the molecule is COC(=O)CNC(=O)c1ccc(NC(=O)CSc2nccn2-c2cccc(C)c2C)cc1. The van der Waals surface area contributed by atoms with Crippen molar-refractivity contribution in [1.29, 1.82) is 0 Å². The van der Waals surface area contributed by atoms with Crippen LogP contribution in [0.15, 0.2) is 60.0 Å². The van der Waals surface area contributed by atoms with E-state index in [1.54, 1.807) is 30.5 Å². The van der Waals surface area contributed by atoms with Crippen molar-refractivity contribution in [2.45, 2.75) is 19.0 Å². The molecule has 1 heterocycles. The van der Waals surface area contributed by atoms with Gasteiger partial charge in [0.2, 0.25) is 5.91 Å². The third kappa shape index (κ3) is 5.76. The molecule has 0 atom stereocenters. The van der Waals surface area contributed by atoms with Crippen LogP contribution in [0.5, 0.6) is 0 Å². The van der Waals surface area contributed by atoms with Gasteiger partial charge in [-0.1, -0.05) is 23.9 Å². The Kier molecular flexibility index (Phi) is 7.67. The quantitative estimate of drug-likeness (QED) is 0.402. The molecule has 3 rings (SSSR count). The van der Waals surface area contributed by atoms with E-state index in [9.17, 15) is 14.4 Å². The van der Waals surface area contributed by atoms with Crippen LogP contribution in [0.1, 0.15) is 21.5 Å². The molecule has 0 aliphatic rings. The van der Waals surface area contributed by atoms with Crippen LogP contribution in [0.3, 0.4) is 0 Å². The van der Waals surface area contributed by atoms with E-state index in [1.807, 2.05) is 22.9 Å². The van der Waals surface area contributed by atoms with Crippen molar-refractivity contribution in [2.75, 3.05) is 24.7 Å². The zero-order valence-electron chi connectivity index (χ0n) is 18.0. The zero-order chi connectivity index (χ0) is 23.1. The summed E-state index contributed by atoms with van der Waals surface area (Å²) in [5.74, 6) is -0.933. The summed E-state index contributed by atoms with van der Waals surface area (Å²) in [6, 6.07) is 12.5. The average Bonchev–Trinajstić information content (AvgIpc) is 3.26. The molecule has 0 aliphatic carbocycles. The number of imidazole rings is 1. The maximum absolute atomic E-state index is 12.4. The predicted octanol–water partition coefficient (Wildman–Crippen LogP) is 3.12. The van der Waals surface area contributed by atoms with Gasteiger partial charge in [0.25, 0.3) is 5.91 Å². The molecule has 0 bridgehead atoms. The Bertz CT molecular complexity index is 1130. The highest BCUT2D eigenvalue weighted by Gasteiger charge is 2.12. The van der Waals surface area contributed by atoms with Gasteiger partial charge in [-0.3, -0.25) is 19.0 Å². The molecule has 8 nitrogen and oxygen atoms in total. The maximum Gasteiger partial charge on any atom is 0.325 e. The highest BCUT2D eigenvalue weighted by Crippen LogP contribution is 2.24. The second kappa shape index (κ2) is 10.6. The predicted molar refractivity (Wildman–Crippen MR) is 123 cm³/mol. The summed E-state index contributed by atoms with van der Waals surface area (Å²) in [6.45, 7) is 3.91. The molecule has 9 heteroatoms. The van der Waals surface area contributed by atoms with Crippen molar-refractivity contribution in [3.8, 4) is 5.69 Å². The lowest BCUT2D eigenvalue weighted by molar-refractivity contribution is -0.139. The van der Waals surface area contributed by atoms with Gasteiger partial charge in [-0.2, -0.15) is 0 Å². The van der Waals surface area contributed by atoms with E-state index in [2.05, 4.69) is 40.3 Å². The number of nitrogens with one attached hydrogen (secondary N) is 2. The highest BCUT2D eigenvalue weighted by molar-refractivity contribution is 7.99. The number of thioether (sulfide) groups is 1. The van der Waals surface area contributed by atoms with E-state index in [4.69, 9.17) is 0 Å². The number of ether oxygens (including phenoxy) is 1. The lowest BCUT2D eigenvalue weighted by Crippen LogP contribution is -2.30. The summed E-state index contributed by atoms with van der Waals surface area (Å²) in [7, 11) is 1.25. The normalized spacial score (nSPS) is 10.5. The van der Waals surface area contributed by atoms with Crippen molar-refractivity contribution in [3.63, 3.8) is 0 Å². The minimum Gasteiger partial charge on any atom is -0.468 e. The van der Waals surface area contributed by atoms with Gasteiger partial charge in [0.1, 0.15) is 6.54 Å². The monoisotopic (exact) mass is 452 g/mol. The van der Waals surface area contributed by atoms with E-state index in [-0.39, 0.29) is 18.2 Å². The van der Waals surface area contributed by atoms with E-state index in [0.717, 1.165) is 16.4 Å². The van der Waals surface area contributed by atoms with Gasteiger partial charge >= 0.3 is 5.97 Å². The number of amides is 2. The Morgan fingerprint density at radius 1 is 1.09 bits per heavy atom. The molecule has 1 aromatic heterocycles. The fourth-order valence-corrected chi connectivity index (χ4v) is 3.70. The molecular weight excluding hydrogens is 428 g/mol. The van der Waals surface area contributed by atoms with Gasteiger partial charge in [0.05, 0.1) is 18.6 Å². The lowest BCUT2D eigenvalue weighted by Gasteiger charge is -2.12. The summed E-state index contributed by atoms with van der Waals surface area (Å²) in [6.07, 6.45) is 3.60. The average molecular weight is 453 g/mol. The molecule has 0 saturated heterocycles. The minimum absolute atomic E-state index is 0.184. The lowest BCUT2D eigenvalue weighted by atomic mass is 10.1. The minimum atomic E-state index is -0.530. The number of benzene rings is 2. The van der Waals surface area contributed by atoms with Crippen molar-refractivity contribution in [2.24, 2.45) is 0 Å². The van der Waals surface area contributed by atoms with E-state index >= 15 is 0 Å². The number of carbonyl (C=O) groups excluding carboxylic acids is 3. The molecular formula is C23H24N4O4S. The molecule has 0 aliphatic heterocycles. The number of methoxy groups -OCH3 is 1. The van der Waals surface area contributed by atoms with Crippen LogP contribution in [0, 0.1) is 13.8 Å². The number of rotatable bonds is 8. The van der Waals surface area contributed by atoms with Crippen LogP contribution in [0.2, 0.25) is 0 Å². The number of nitrogens with zero attached hydrogens (tertiary/aromatic N) is 2.